The smallest absolute Gasteiger partial charge is 0.0619 e. The van der Waals surface area contributed by atoms with E-state index >= 15 is 0 Å². The molecule has 1 aromatic carbocycles. The average molecular weight is 233 g/mol. The van der Waals surface area contributed by atoms with Crippen molar-refractivity contribution in [2.75, 3.05) is 13.2 Å². The SMILES string of the molecule is CC(CCc1ccccc1)NC1CCCOC1. The normalized spacial score (nSPS) is 22.3. The largest absolute Gasteiger partial charge is 0.380 e. The Bertz CT molecular complexity index is 306. The number of aryl methyl sites for hydroxylation is 1. The maximum absolute atomic E-state index is 5.48. The van der Waals surface area contributed by atoms with E-state index < -0.39 is 0 Å². The Hall–Kier alpha value is -0.860. The van der Waals surface area contributed by atoms with Gasteiger partial charge in [-0.15, -0.1) is 0 Å². The molecule has 0 aliphatic carbocycles. The van der Waals surface area contributed by atoms with Gasteiger partial charge < -0.3 is 10.1 Å². The Morgan fingerprint density at radius 3 is 2.88 bits per heavy atom. The average Bonchev–Trinajstić information content (AvgIpc) is 2.39. The molecular formula is C15H23NO. The number of hydrogen-bond donors (Lipinski definition) is 1. The Morgan fingerprint density at radius 1 is 1.35 bits per heavy atom. The van der Waals surface area contributed by atoms with Crippen LogP contribution in [0.5, 0.6) is 0 Å². The predicted octanol–water partition coefficient (Wildman–Crippen LogP) is 2.78. The molecule has 2 rings (SSSR count). The van der Waals surface area contributed by atoms with Crippen molar-refractivity contribution < 1.29 is 4.74 Å². The molecule has 1 N–H and O–H groups in total. The second-order valence-electron chi connectivity index (χ2n) is 5.01. The lowest BCUT2D eigenvalue weighted by molar-refractivity contribution is 0.0667. The van der Waals surface area contributed by atoms with Crippen LogP contribution in [0.3, 0.4) is 0 Å². The molecule has 2 unspecified atom stereocenters. The zero-order valence-corrected chi connectivity index (χ0v) is 10.7. The van der Waals surface area contributed by atoms with E-state index in [1.807, 2.05) is 0 Å². The Labute approximate surface area is 104 Å². The third-order valence-electron chi connectivity index (χ3n) is 3.39. The molecule has 0 bridgehead atoms. The minimum absolute atomic E-state index is 0.564. The van der Waals surface area contributed by atoms with Crippen molar-refractivity contribution in [2.45, 2.75) is 44.7 Å². The van der Waals surface area contributed by atoms with Crippen LogP contribution < -0.4 is 5.32 Å². The highest BCUT2D eigenvalue weighted by molar-refractivity contribution is 5.14. The second kappa shape index (κ2) is 6.77. The van der Waals surface area contributed by atoms with Crippen LogP contribution in [0.2, 0.25) is 0 Å². The van der Waals surface area contributed by atoms with E-state index in [9.17, 15) is 0 Å². The third kappa shape index (κ3) is 4.49. The van der Waals surface area contributed by atoms with Crippen LogP contribution in [0.1, 0.15) is 31.7 Å². The molecule has 0 radical (unpaired) electrons. The van der Waals surface area contributed by atoms with Crippen molar-refractivity contribution in [1.82, 2.24) is 5.32 Å². The van der Waals surface area contributed by atoms with Gasteiger partial charge >= 0.3 is 0 Å². The first kappa shape index (κ1) is 12.6. The molecule has 17 heavy (non-hydrogen) atoms. The molecule has 1 aromatic rings. The van der Waals surface area contributed by atoms with Crippen LogP contribution in [0.25, 0.3) is 0 Å². The molecule has 1 aliphatic heterocycles. The molecule has 0 aromatic heterocycles. The first-order chi connectivity index (χ1) is 8.34. The van der Waals surface area contributed by atoms with Crippen molar-refractivity contribution in [3.63, 3.8) is 0 Å². The molecule has 2 nitrogen and oxygen atoms in total. The molecule has 94 valence electrons. The van der Waals surface area contributed by atoms with Gasteiger partial charge in [-0.25, -0.2) is 0 Å². The van der Waals surface area contributed by atoms with E-state index in [-0.39, 0.29) is 0 Å². The summed E-state index contributed by atoms with van der Waals surface area (Å²) < 4.78 is 5.48. The standard InChI is InChI=1S/C15H23NO/c1-13(16-15-8-5-11-17-12-15)9-10-14-6-3-2-4-7-14/h2-4,6-7,13,15-16H,5,8-12H2,1H3. The van der Waals surface area contributed by atoms with Gasteiger partial charge in [0.1, 0.15) is 0 Å². The first-order valence-electron chi connectivity index (χ1n) is 6.72. The van der Waals surface area contributed by atoms with E-state index in [1.54, 1.807) is 0 Å². The Kier molecular flexibility index (Phi) is 5.02. The van der Waals surface area contributed by atoms with Gasteiger partial charge in [0, 0.05) is 18.7 Å². The van der Waals surface area contributed by atoms with Crippen molar-refractivity contribution in [2.24, 2.45) is 0 Å². The molecule has 2 atom stereocenters. The summed E-state index contributed by atoms with van der Waals surface area (Å²) in [6.07, 6.45) is 4.81. The van der Waals surface area contributed by atoms with Crippen molar-refractivity contribution in [1.29, 1.82) is 0 Å². The highest BCUT2D eigenvalue weighted by Crippen LogP contribution is 2.09. The fourth-order valence-electron chi connectivity index (χ4n) is 2.39. The summed E-state index contributed by atoms with van der Waals surface area (Å²) in [5.41, 5.74) is 1.43. The molecule has 1 heterocycles. The summed E-state index contributed by atoms with van der Waals surface area (Å²) in [4.78, 5) is 0. The summed E-state index contributed by atoms with van der Waals surface area (Å²) in [5, 5.41) is 3.66. The monoisotopic (exact) mass is 233 g/mol. The van der Waals surface area contributed by atoms with Crippen molar-refractivity contribution in [3.8, 4) is 0 Å². The molecule has 1 aliphatic rings. The number of benzene rings is 1. The first-order valence-corrected chi connectivity index (χ1v) is 6.72. The maximum Gasteiger partial charge on any atom is 0.0619 e. The number of rotatable bonds is 5. The van der Waals surface area contributed by atoms with E-state index in [4.69, 9.17) is 4.74 Å². The molecule has 1 saturated heterocycles. The highest BCUT2D eigenvalue weighted by atomic mass is 16.5. The summed E-state index contributed by atoms with van der Waals surface area (Å²) in [6.45, 7) is 4.10. The van der Waals surface area contributed by atoms with E-state index in [1.165, 1.54) is 24.8 Å². The molecular weight excluding hydrogens is 210 g/mol. The zero-order valence-electron chi connectivity index (χ0n) is 10.7. The fraction of sp³-hybridized carbons (Fsp3) is 0.600. The van der Waals surface area contributed by atoms with Crippen LogP contribution in [-0.2, 0) is 11.2 Å². The Morgan fingerprint density at radius 2 is 2.18 bits per heavy atom. The van der Waals surface area contributed by atoms with Gasteiger partial charge in [0.15, 0.2) is 0 Å². The number of hydrogen-bond acceptors (Lipinski definition) is 2. The molecule has 0 spiro atoms. The number of nitrogens with one attached hydrogen (secondary N) is 1. The topological polar surface area (TPSA) is 21.3 Å². The van der Waals surface area contributed by atoms with Gasteiger partial charge in [-0.05, 0) is 38.2 Å². The fourth-order valence-corrected chi connectivity index (χ4v) is 2.39. The quantitative estimate of drug-likeness (QED) is 0.844. The van der Waals surface area contributed by atoms with Crippen LogP contribution in [0.4, 0.5) is 0 Å². The molecule has 0 saturated carbocycles. The zero-order chi connectivity index (χ0) is 11.9. The van der Waals surface area contributed by atoms with E-state index in [2.05, 4.69) is 42.6 Å². The van der Waals surface area contributed by atoms with Crippen molar-refractivity contribution >= 4 is 0 Å². The lowest BCUT2D eigenvalue weighted by atomic mass is 10.0. The van der Waals surface area contributed by atoms with Gasteiger partial charge in [0.25, 0.3) is 0 Å². The summed E-state index contributed by atoms with van der Waals surface area (Å²) >= 11 is 0. The molecule has 0 amide bonds. The molecule has 2 heteroatoms. The highest BCUT2D eigenvalue weighted by Gasteiger charge is 2.15. The number of ether oxygens (including phenoxy) is 1. The minimum atomic E-state index is 0.564. The van der Waals surface area contributed by atoms with Gasteiger partial charge in [-0.2, -0.15) is 0 Å². The summed E-state index contributed by atoms with van der Waals surface area (Å²) in [6, 6.07) is 11.8. The summed E-state index contributed by atoms with van der Waals surface area (Å²) in [7, 11) is 0. The maximum atomic E-state index is 5.48. The third-order valence-corrected chi connectivity index (χ3v) is 3.39. The van der Waals surface area contributed by atoms with Gasteiger partial charge in [-0.1, -0.05) is 30.3 Å². The van der Waals surface area contributed by atoms with E-state index in [0.29, 0.717) is 12.1 Å². The van der Waals surface area contributed by atoms with Gasteiger partial charge in [0.2, 0.25) is 0 Å². The van der Waals surface area contributed by atoms with Crippen LogP contribution >= 0.6 is 0 Å². The van der Waals surface area contributed by atoms with Crippen LogP contribution in [-0.4, -0.2) is 25.3 Å². The van der Waals surface area contributed by atoms with Gasteiger partial charge in [-0.3, -0.25) is 0 Å². The predicted molar refractivity (Wildman–Crippen MR) is 71.2 cm³/mol. The lowest BCUT2D eigenvalue weighted by Crippen LogP contribution is -2.42. The van der Waals surface area contributed by atoms with Gasteiger partial charge in [0.05, 0.1) is 6.61 Å². The second-order valence-corrected chi connectivity index (χ2v) is 5.01. The van der Waals surface area contributed by atoms with Crippen LogP contribution in [0.15, 0.2) is 30.3 Å². The molecule has 1 fully saturated rings. The summed E-state index contributed by atoms with van der Waals surface area (Å²) in [5.74, 6) is 0. The lowest BCUT2D eigenvalue weighted by Gasteiger charge is -2.26. The van der Waals surface area contributed by atoms with Crippen LogP contribution in [0, 0.1) is 0 Å². The van der Waals surface area contributed by atoms with Crippen molar-refractivity contribution in [3.05, 3.63) is 35.9 Å². The van der Waals surface area contributed by atoms with E-state index in [0.717, 1.165) is 19.6 Å². The minimum Gasteiger partial charge on any atom is -0.380 e. The Balaban J connectivity index is 1.68.